The number of aromatic nitrogens is 2. The van der Waals surface area contributed by atoms with Crippen molar-refractivity contribution in [3.05, 3.63) is 28.3 Å². The Hall–Kier alpha value is -1.36. The molecular formula is C7H7N3OS. The molecule has 0 saturated carbocycles. The van der Waals surface area contributed by atoms with Gasteiger partial charge < -0.3 is 10.2 Å². The van der Waals surface area contributed by atoms with E-state index in [9.17, 15) is 0 Å². The summed E-state index contributed by atoms with van der Waals surface area (Å²) in [5.41, 5.74) is 6.44. The summed E-state index contributed by atoms with van der Waals surface area (Å²) in [5.74, 6) is 0.561. The van der Waals surface area contributed by atoms with Gasteiger partial charge in [-0.25, -0.2) is 0 Å². The Labute approximate surface area is 73.0 Å². The van der Waals surface area contributed by atoms with Crippen LogP contribution in [0.4, 0.5) is 6.01 Å². The van der Waals surface area contributed by atoms with Gasteiger partial charge in [0.15, 0.2) is 0 Å². The Morgan fingerprint density at radius 1 is 1.50 bits per heavy atom. The first kappa shape index (κ1) is 7.30. The molecule has 0 atom stereocenters. The molecule has 62 valence electrons. The second-order valence-corrected chi connectivity index (χ2v) is 3.12. The third kappa shape index (κ3) is 1.45. The van der Waals surface area contributed by atoms with Crippen LogP contribution in [0.3, 0.4) is 0 Å². The molecule has 2 N–H and O–H groups in total. The molecule has 0 aliphatic rings. The fourth-order valence-corrected chi connectivity index (χ4v) is 1.57. The van der Waals surface area contributed by atoms with Gasteiger partial charge in [0, 0.05) is 0 Å². The van der Waals surface area contributed by atoms with Gasteiger partial charge in [0.2, 0.25) is 5.89 Å². The van der Waals surface area contributed by atoms with Crippen LogP contribution in [0.25, 0.3) is 0 Å². The highest BCUT2D eigenvalue weighted by Gasteiger charge is 2.03. The molecule has 0 amide bonds. The van der Waals surface area contributed by atoms with Gasteiger partial charge in [0.25, 0.3) is 0 Å². The van der Waals surface area contributed by atoms with Crippen molar-refractivity contribution < 1.29 is 4.42 Å². The molecule has 0 aliphatic heterocycles. The molecule has 5 heteroatoms. The molecule has 2 heterocycles. The van der Waals surface area contributed by atoms with Gasteiger partial charge in [-0.1, -0.05) is 5.10 Å². The normalized spacial score (nSPS) is 10.3. The smallest absolute Gasteiger partial charge is 0.312 e. The van der Waals surface area contributed by atoms with Crippen LogP contribution in [0.5, 0.6) is 0 Å². The molecule has 0 aliphatic carbocycles. The lowest BCUT2D eigenvalue weighted by atomic mass is 10.2. The summed E-state index contributed by atoms with van der Waals surface area (Å²) in [7, 11) is 0. The van der Waals surface area contributed by atoms with Crippen LogP contribution >= 0.6 is 11.3 Å². The summed E-state index contributed by atoms with van der Waals surface area (Å²) >= 11 is 1.64. The average Bonchev–Trinajstić information content (AvgIpc) is 2.63. The van der Waals surface area contributed by atoms with Gasteiger partial charge in [-0.15, -0.1) is 5.10 Å². The molecule has 0 saturated heterocycles. The lowest BCUT2D eigenvalue weighted by molar-refractivity contribution is 0.523. The molecule has 0 aromatic carbocycles. The van der Waals surface area contributed by atoms with Crippen molar-refractivity contribution in [3.8, 4) is 0 Å². The maximum Gasteiger partial charge on any atom is 0.312 e. The molecule has 2 aromatic heterocycles. The lowest BCUT2D eigenvalue weighted by Gasteiger charge is -1.87. The molecule has 0 radical (unpaired) electrons. The van der Waals surface area contributed by atoms with Crippen LogP contribution in [-0.4, -0.2) is 10.2 Å². The molecule has 4 nitrogen and oxygen atoms in total. The van der Waals surface area contributed by atoms with Crippen LogP contribution in [0, 0.1) is 0 Å². The molecule has 0 unspecified atom stereocenters. The van der Waals surface area contributed by atoms with Crippen LogP contribution < -0.4 is 5.73 Å². The fourth-order valence-electron chi connectivity index (χ4n) is 0.906. The van der Waals surface area contributed by atoms with E-state index in [4.69, 9.17) is 10.2 Å². The van der Waals surface area contributed by atoms with E-state index in [-0.39, 0.29) is 6.01 Å². The number of nitrogen functional groups attached to an aromatic ring is 1. The number of thiophene rings is 1. The molecule has 2 aromatic rings. The molecule has 12 heavy (non-hydrogen) atoms. The zero-order valence-corrected chi connectivity index (χ0v) is 7.04. The van der Waals surface area contributed by atoms with Crippen molar-refractivity contribution in [3.63, 3.8) is 0 Å². The monoisotopic (exact) mass is 181 g/mol. The second-order valence-electron chi connectivity index (χ2n) is 2.34. The van der Waals surface area contributed by atoms with Crippen LogP contribution in [0.1, 0.15) is 11.5 Å². The first-order valence-corrected chi connectivity index (χ1v) is 4.38. The van der Waals surface area contributed by atoms with E-state index < -0.39 is 0 Å². The average molecular weight is 181 g/mol. The predicted octanol–water partition coefficient (Wildman–Crippen LogP) is 1.30. The van der Waals surface area contributed by atoms with Crippen molar-refractivity contribution in [1.82, 2.24) is 10.2 Å². The standard InChI is InChI=1S/C7H7N3OS/c8-7-10-9-6(11-7)3-5-1-2-12-4-5/h1-2,4H,3H2,(H2,8,10). The summed E-state index contributed by atoms with van der Waals surface area (Å²) in [6.45, 7) is 0. The van der Waals surface area contributed by atoms with Crippen LogP contribution in [-0.2, 0) is 6.42 Å². The summed E-state index contributed by atoms with van der Waals surface area (Å²) in [5, 5.41) is 11.4. The molecule has 0 bridgehead atoms. The fraction of sp³-hybridized carbons (Fsp3) is 0.143. The Kier molecular flexibility index (Phi) is 1.79. The lowest BCUT2D eigenvalue weighted by Crippen LogP contribution is -1.84. The van der Waals surface area contributed by atoms with Crippen LogP contribution in [0.15, 0.2) is 21.2 Å². The van der Waals surface area contributed by atoms with Gasteiger partial charge in [0.1, 0.15) is 0 Å². The first-order valence-electron chi connectivity index (χ1n) is 3.43. The van der Waals surface area contributed by atoms with Crippen molar-refractivity contribution in [2.75, 3.05) is 5.73 Å². The third-order valence-corrected chi connectivity index (χ3v) is 2.15. The van der Waals surface area contributed by atoms with E-state index in [1.165, 1.54) is 5.56 Å². The zero-order valence-electron chi connectivity index (χ0n) is 6.23. The number of nitrogens with zero attached hydrogens (tertiary/aromatic N) is 2. The Morgan fingerprint density at radius 3 is 3.00 bits per heavy atom. The van der Waals surface area contributed by atoms with E-state index in [2.05, 4.69) is 10.2 Å². The minimum atomic E-state index is 0.125. The van der Waals surface area contributed by atoms with Gasteiger partial charge >= 0.3 is 6.01 Å². The topological polar surface area (TPSA) is 64.9 Å². The minimum Gasteiger partial charge on any atom is -0.408 e. The SMILES string of the molecule is Nc1nnc(Cc2ccsc2)o1. The second kappa shape index (κ2) is 2.94. The maximum absolute atomic E-state index is 5.27. The van der Waals surface area contributed by atoms with Crippen molar-refractivity contribution in [2.24, 2.45) is 0 Å². The van der Waals surface area contributed by atoms with Crippen molar-refractivity contribution in [1.29, 1.82) is 0 Å². The third-order valence-electron chi connectivity index (χ3n) is 1.42. The number of rotatable bonds is 2. The van der Waals surface area contributed by atoms with Gasteiger partial charge in [0.05, 0.1) is 6.42 Å². The number of nitrogens with two attached hydrogens (primary N) is 1. The Morgan fingerprint density at radius 2 is 2.42 bits per heavy atom. The zero-order chi connectivity index (χ0) is 8.39. The maximum atomic E-state index is 5.27. The quantitative estimate of drug-likeness (QED) is 0.758. The van der Waals surface area contributed by atoms with Crippen molar-refractivity contribution in [2.45, 2.75) is 6.42 Å². The number of hydrogen-bond acceptors (Lipinski definition) is 5. The van der Waals surface area contributed by atoms with Gasteiger partial charge in [-0.2, -0.15) is 11.3 Å². The molecule has 2 rings (SSSR count). The molecular weight excluding hydrogens is 174 g/mol. The highest BCUT2D eigenvalue weighted by Crippen LogP contribution is 2.11. The minimum absolute atomic E-state index is 0.125. The first-order chi connectivity index (χ1) is 5.84. The van der Waals surface area contributed by atoms with Crippen molar-refractivity contribution >= 4 is 17.4 Å². The largest absolute Gasteiger partial charge is 0.408 e. The van der Waals surface area contributed by atoms with Gasteiger partial charge in [-0.3, -0.25) is 0 Å². The summed E-state index contributed by atoms with van der Waals surface area (Å²) in [6, 6.07) is 2.14. The highest BCUT2D eigenvalue weighted by molar-refractivity contribution is 7.07. The van der Waals surface area contributed by atoms with Gasteiger partial charge in [-0.05, 0) is 22.4 Å². The Balaban J connectivity index is 2.14. The van der Waals surface area contributed by atoms with E-state index in [1.807, 2.05) is 16.8 Å². The summed E-state index contributed by atoms with van der Waals surface area (Å²) < 4.78 is 5.02. The van der Waals surface area contributed by atoms with Crippen LogP contribution in [0.2, 0.25) is 0 Å². The highest BCUT2D eigenvalue weighted by atomic mass is 32.1. The predicted molar refractivity (Wildman–Crippen MR) is 45.8 cm³/mol. The van der Waals surface area contributed by atoms with E-state index >= 15 is 0 Å². The van der Waals surface area contributed by atoms with E-state index in [1.54, 1.807) is 11.3 Å². The number of anilines is 1. The van der Waals surface area contributed by atoms with E-state index in [0.29, 0.717) is 12.3 Å². The van der Waals surface area contributed by atoms with E-state index in [0.717, 1.165) is 0 Å². The summed E-state index contributed by atoms with van der Waals surface area (Å²) in [4.78, 5) is 0. The molecule has 0 spiro atoms. The summed E-state index contributed by atoms with van der Waals surface area (Å²) in [6.07, 6.45) is 0.660. The molecule has 0 fully saturated rings. The number of hydrogen-bond donors (Lipinski definition) is 1. The Bertz CT molecular complexity index is 354.